The Hall–Kier alpha value is -11.3. The molecule has 3 saturated heterocycles. The van der Waals surface area contributed by atoms with Gasteiger partial charge in [-0.15, -0.1) is 0 Å². The van der Waals surface area contributed by atoms with E-state index in [1.54, 1.807) is 33.9 Å². The van der Waals surface area contributed by atoms with E-state index < -0.39 is 84.3 Å². The largest absolute Gasteiger partial charge is 0.393 e. The highest BCUT2D eigenvalue weighted by atomic mass is 19.1. The Morgan fingerprint density at radius 3 is 1.16 bits per heavy atom. The van der Waals surface area contributed by atoms with Gasteiger partial charge < -0.3 is 46.0 Å². The van der Waals surface area contributed by atoms with E-state index in [4.69, 9.17) is 12.3 Å². The number of aromatic nitrogens is 9. The number of halogens is 3. The quantitative estimate of drug-likeness (QED) is 0.0830. The van der Waals surface area contributed by atoms with Crippen LogP contribution in [0.3, 0.4) is 0 Å². The van der Waals surface area contributed by atoms with Crippen molar-refractivity contribution >= 4 is 35.2 Å². The summed E-state index contributed by atoms with van der Waals surface area (Å²) < 4.78 is 122. The summed E-state index contributed by atoms with van der Waals surface area (Å²) in [5, 5.41) is 80.9. The molecule has 0 unspecified atom stereocenters. The van der Waals surface area contributed by atoms with E-state index in [1.807, 2.05) is 67.8 Å². The highest BCUT2D eigenvalue weighted by molar-refractivity contribution is 6.03. The normalized spacial score (nSPS) is 21.9. The van der Waals surface area contributed by atoms with Gasteiger partial charge in [-0.3, -0.25) is 14.4 Å². The number of aliphatic hydroxyl groups is 3. The van der Waals surface area contributed by atoms with Gasteiger partial charge in [0.05, 0.1) is 170 Å². The highest BCUT2D eigenvalue weighted by Crippen LogP contribution is 2.39. The van der Waals surface area contributed by atoms with Gasteiger partial charge in [-0.2, -0.15) is 31.1 Å². The van der Waals surface area contributed by atoms with Crippen LogP contribution in [-0.2, 0) is 19.6 Å². The van der Waals surface area contributed by atoms with Gasteiger partial charge in [-0.05, 0) is 108 Å². The first-order chi connectivity index (χ1) is 49.0. The first-order valence-corrected chi connectivity index (χ1v) is 29.7. The molecule has 0 spiro atoms. The maximum absolute atomic E-state index is 14.8. The minimum atomic E-state index is -3.84. The molecular weight excluding hydrogens is 1220 g/mol. The third-order valence-corrected chi connectivity index (χ3v) is 17.4. The highest BCUT2D eigenvalue weighted by Gasteiger charge is 2.43. The van der Waals surface area contributed by atoms with E-state index in [-0.39, 0.29) is 104 Å². The summed E-state index contributed by atoms with van der Waals surface area (Å²) in [6.07, 6.45) is -6.22. The maximum Gasteiger partial charge on any atom is 0.255 e. The van der Waals surface area contributed by atoms with Crippen molar-refractivity contribution in [2.75, 3.05) is 40.8 Å². The van der Waals surface area contributed by atoms with Crippen molar-refractivity contribution in [3.8, 4) is 69.0 Å². The van der Waals surface area contributed by atoms with Gasteiger partial charge >= 0.3 is 0 Å². The van der Waals surface area contributed by atoms with Crippen LogP contribution in [0.2, 0.25) is 0 Å². The van der Waals surface area contributed by atoms with Crippen LogP contribution in [0.15, 0.2) is 110 Å². The number of benzene rings is 3. The number of anilines is 3. The van der Waals surface area contributed by atoms with Crippen molar-refractivity contribution in [2.24, 2.45) is 0 Å². The third-order valence-electron chi connectivity index (χ3n) is 17.4. The lowest BCUT2D eigenvalue weighted by molar-refractivity contribution is 0.0957. The first kappa shape index (κ1) is 52.2. The predicted molar refractivity (Wildman–Crippen MR) is 339 cm³/mol. The molecule has 3 amide bonds. The number of hydrogen-bond acceptors (Lipinski definition) is 18. The minimum absolute atomic E-state index is 0.00380. The number of nitrogens with one attached hydrogen (secondary N) is 3. The molecule has 0 bridgehead atoms. The summed E-state index contributed by atoms with van der Waals surface area (Å²) in [6, 6.07) is 27.4. The Morgan fingerprint density at radius 1 is 0.516 bits per heavy atom. The second-order valence-electron chi connectivity index (χ2n) is 23.6. The number of nitriles is 3. The average molecular weight is 1290 g/mol. The summed E-state index contributed by atoms with van der Waals surface area (Å²) in [5.74, 6) is -2.33. The van der Waals surface area contributed by atoms with Crippen LogP contribution in [0.25, 0.3) is 50.8 Å². The fourth-order valence-corrected chi connectivity index (χ4v) is 12.3. The standard InChI is InChI=1S/2C23H21FN6O2.C22H19FN6O2/c2*1-23(2)18(31)6-8-29(23)19-7-9-30(28-19)17-10-15(27-16-12-26-22(32)21(16)17)20-13(11-25)4-3-5-14(20)24;23-15-3-1-2-13(11-24)20(15)16-10-18(21-17(26-16)12-25-22(21)31)29-9-6-19(27-29)28-7-4-14(30)5-8-28/h2*3-5,7,9-10,18,31H,6,8,12H2,1-2H3,(H,26,32);1-3,6,9-10,14,30H,4-5,7-8,12H2,(H,25,31)/t2*18-;/m10./s1/i;;4D2,5D2,7D2,8D2,14D. The number of hydrogen-bond donors (Lipinski definition) is 6. The molecule has 6 aromatic heterocycles. The molecular formula is C68H61F3N18O6. The number of carbonyl (C=O) groups is 3. The second kappa shape index (κ2) is 24.6. The molecule has 12 heterocycles. The van der Waals surface area contributed by atoms with E-state index in [1.165, 1.54) is 54.6 Å². The van der Waals surface area contributed by atoms with Crippen molar-refractivity contribution in [3.05, 3.63) is 178 Å². The molecule has 6 aliphatic rings. The summed E-state index contributed by atoms with van der Waals surface area (Å²) in [7, 11) is 0. The summed E-state index contributed by atoms with van der Waals surface area (Å²) in [6.45, 7) is 2.53. The Balaban J connectivity index is 0.000000140. The molecule has 6 aliphatic heterocycles. The van der Waals surface area contributed by atoms with Gasteiger partial charge in [-0.25, -0.2) is 42.2 Å². The Kier molecular flexibility index (Phi) is 13.5. The summed E-state index contributed by atoms with van der Waals surface area (Å²) in [5.41, 5.74) is 2.62. The maximum atomic E-state index is 14.8. The molecule has 0 saturated carbocycles. The Labute approximate surface area is 554 Å². The van der Waals surface area contributed by atoms with Crippen LogP contribution in [0.4, 0.5) is 30.6 Å². The lowest BCUT2D eigenvalue weighted by Crippen LogP contribution is -2.45. The number of aliphatic hydroxyl groups excluding tert-OH is 2. The lowest BCUT2D eigenvalue weighted by atomic mass is 9.99. The van der Waals surface area contributed by atoms with E-state index in [0.29, 0.717) is 71.5 Å². The van der Waals surface area contributed by atoms with Crippen molar-refractivity contribution in [2.45, 2.75) is 102 Å². The van der Waals surface area contributed by atoms with Crippen LogP contribution in [0.5, 0.6) is 0 Å². The minimum Gasteiger partial charge on any atom is -0.393 e. The summed E-state index contributed by atoms with van der Waals surface area (Å²) in [4.78, 5) is 55.2. The van der Waals surface area contributed by atoms with Gasteiger partial charge in [0, 0.05) is 73.8 Å². The van der Waals surface area contributed by atoms with Crippen molar-refractivity contribution in [3.63, 3.8) is 0 Å². The van der Waals surface area contributed by atoms with Gasteiger partial charge in [0.25, 0.3) is 17.7 Å². The van der Waals surface area contributed by atoms with Crippen molar-refractivity contribution < 1.29 is 55.2 Å². The molecule has 24 nitrogen and oxygen atoms in total. The third kappa shape index (κ3) is 11.3. The average Bonchev–Trinajstić information content (AvgIpc) is 0.838. The number of piperidine rings is 1. The van der Waals surface area contributed by atoms with Crippen LogP contribution in [0.1, 0.15) is 130 Å². The number of nitrogens with zero attached hydrogens (tertiary/aromatic N) is 15. The topological polar surface area (TPSA) is 321 Å². The number of amides is 3. The molecule has 27 heteroatoms. The Morgan fingerprint density at radius 2 is 0.842 bits per heavy atom. The number of rotatable bonds is 9. The summed E-state index contributed by atoms with van der Waals surface area (Å²) >= 11 is 0. The van der Waals surface area contributed by atoms with Crippen LogP contribution in [-0.4, -0.2) is 133 Å². The smallest absolute Gasteiger partial charge is 0.255 e. The molecule has 95 heavy (non-hydrogen) atoms. The number of fused-ring (bicyclic) bond motifs is 3. The number of pyridine rings is 3. The SMILES string of the molecule is CC1(C)[C@@H](O)CCN1c1ccn(-c2cc(-c3c(F)cccc3C#N)nc3c2C(=O)NC3)n1.CC1(C)[C@H](O)CCN1c1ccn(-c2cc(-c3c(F)cccc3C#N)nc3c2C(=O)NC3)n1.[2H]C1([2H])N(c2ccn(-c3cc(-c4c(F)cccc4C#N)nc4c3C(=O)NC4)n2)C([2H])([2H])C([2H])([2H])C([2H])(O)C1([2H])[2H]. The number of carbonyl (C=O) groups excluding carboxylic acids is 3. The molecule has 6 N–H and O–H groups in total. The van der Waals surface area contributed by atoms with Crippen LogP contribution in [0, 0.1) is 51.4 Å². The van der Waals surface area contributed by atoms with Crippen LogP contribution < -0.4 is 30.7 Å². The predicted octanol–water partition coefficient (Wildman–Crippen LogP) is 7.23. The zero-order chi connectivity index (χ0) is 74.9. The molecule has 480 valence electrons. The molecule has 3 aromatic carbocycles. The molecule has 2 atom stereocenters. The monoisotopic (exact) mass is 1290 g/mol. The second-order valence-corrected chi connectivity index (χ2v) is 23.6. The fraction of sp³-hybridized carbons (Fsp3) is 0.294. The van der Waals surface area contributed by atoms with Crippen LogP contribution >= 0.6 is 0 Å². The molecule has 0 radical (unpaired) electrons. The van der Waals surface area contributed by atoms with Crippen molar-refractivity contribution in [1.82, 2.24) is 60.2 Å². The van der Waals surface area contributed by atoms with Gasteiger partial charge in [-0.1, -0.05) is 18.2 Å². The van der Waals surface area contributed by atoms with Gasteiger partial charge in [0.2, 0.25) is 0 Å². The van der Waals surface area contributed by atoms with E-state index >= 15 is 0 Å². The van der Waals surface area contributed by atoms with Crippen molar-refractivity contribution in [1.29, 1.82) is 15.8 Å². The van der Waals surface area contributed by atoms with Gasteiger partial charge in [0.1, 0.15) is 17.5 Å². The molecule has 15 rings (SSSR count). The Bertz CT molecular complexity index is 4990. The first-order valence-electron chi connectivity index (χ1n) is 34.2. The van der Waals surface area contributed by atoms with E-state index in [2.05, 4.69) is 46.2 Å². The molecule has 9 aromatic rings. The molecule has 3 fully saturated rings. The zero-order valence-corrected chi connectivity index (χ0v) is 50.9. The zero-order valence-electron chi connectivity index (χ0n) is 59.9. The van der Waals surface area contributed by atoms with E-state index in [9.17, 15) is 58.7 Å². The van der Waals surface area contributed by atoms with E-state index in [0.717, 1.165) is 23.0 Å². The van der Waals surface area contributed by atoms with Gasteiger partial charge in [0.15, 0.2) is 17.5 Å². The lowest BCUT2D eigenvalue weighted by Gasteiger charge is -2.33. The fourth-order valence-electron chi connectivity index (χ4n) is 12.3. The molecule has 0 aliphatic carbocycles.